The molecule has 0 saturated carbocycles. The molecule has 1 heterocycles. The van der Waals surface area contributed by atoms with Crippen molar-refractivity contribution in [3.05, 3.63) is 22.7 Å². The van der Waals surface area contributed by atoms with Crippen molar-refractivity contribution in [2.45, 2.75) is 25.9 Å². The summed E-state index contributed by atoms with van der Waals surface area (Å²) in [5.41, 5.74) is 0.773. The van der Waals surface area contributed by atoms with E-state index in [2.05, 4.69) is 0 Å². The molecule has 1 aliphatic rings. The van der Waals surface area contributed by atoms with Gasteiger partial charge in [0.1, 0.15) is 17.1 Å². The predicted molar refractivity (Wildman–Crippen MR) is 51.5 cm³/mol. The number of phenolic OH excluding ortho intramolecular Hbond substituents is 1. The second-order valence-corrected chi connectivity index (χ2v) is 4.36. The third-order valence-corrected chi connectivity index (χ3v) is 2.38. The Morgan fingerprint density at radius 2 is 2.15 bits per heavy atom. The normalized spacial score (nSPS) is 18.1. The van der Waals surface area contributed by atoms with Crippen LogP contribution in [0.15, 0.2) is 12.1 Å². The predicted octanol–water partition coefficient (Wildman–Crippen LogP) is 2.76. The average molecular weight is 199 g/mol. The highest BCUT2D eigenvalue weighted by atomic mass is 35.5. The average Bonchev–Trinajstić information content (AvgIpc) is 2.23. The Morgan fingerprint density at radius 1 is 1.46 bits per heavy atom. The van der Waals surface area contributed by atoms with Gasteiger partial charge in [-0.25, -0.2) is 0 Å². The number of benzene rings is 1. The summed E-state index contributed by atoms with van der Waals surface area (Å²) < 4.78 is 5.64. The zero-order valence-corrected chi connectivity index (χ0v) is 8.35. The highest BCUT2D eigenvalue weighted by Gasteiger charge is 2.31. The van der Waals surface area contributed by atoms with Gasteiger partial charge in [-0.15, -0.1) is 0 Å². The van der Waals surface area contributed by atoms with E-state index in [0.717, 1.165) is 12.0 Å². The summed E-state index contributed by atoms with van der Waals surface area (Å²) in [7, 11) is 0. The molecule has 3 heteroatoms. The van der Waals surface area contributed by atoms with Crippen LogP contribution in [0.1, 0.15) is 19.4 Å². The Hall–Kier alpha value is -0.890. The van der Waals surface area contributed by atoms with E-state index in [4.69, 9.17) is 16.3 Å². The Bertz CT molecular complexity index is 358. The molecule has 0 aromatic heterocycles. The van der Waals surface area contributed by atoms with Crippen LogP contribution >= 0.6 is 11.6 Å². The molecule has 1 aromatic carbocycles. The fraction of sp³-hybridized carbons (Fsp3) is 0.400. The molecule has 0 amide bonds. The summed E-state index contributed by atoms with van der Waals surface area (Å²) in [6.45, 7) is 4.00. The highest BCUT2D eigenvalue weighted by molar-refractivity contribution is 6.32. The maximum absolute atomic E-state index is 9.31. The number of aromatic hydroxyl groups is 1. The van der Waals surface area contributed by atoms with Crippen LogP contribution in [0.25, 0.3) is 0 Å². The number of rotatable bonds is 0. The Kier molecular flexibility index (Phi) is 1.70. The van der Waals surface area contributed by atoms with E-state index in [1.54, 1.807) is 6.07 Å². The van der Waals surface area contributed by atoms with E-state index in [1.807, 2.05) is 13.8 Å². The molecule has 2 rings (SSSR count). The standard InChI is InChI=1S/C10H11ClO2/c1-10(2)5-6-3-7(12)4-8(11)9(6)13-10/h3-4,12H,5H2,1-2H3. The lowest BCUT2D eigenvalue weighted by Crippen LogP contribution is -2.24. The van der Waals surface area contributed by atoms with Gasteiger partial charge in [-0.2, -0.15) is 0 Å². The number of halogens is 1. The van der Waals surface area contributed by atoms with Gasteiger partial charge in [-0.05, 0) is 19.9 Å². The van der Waals surface area contributed by atoms with Gasteiger partial charge in [0.05, 0.1) is 5.02 Å². The zero-order valence-electron chi connectivity index (χ0n) is 7.60. The molecule has 0 bridgehead atoms. The van der Waals surface area contributed by atoms with Crippen molar-refractivity contribution in [2.24, 2.45) is 0 Å². The van der Waals surface area contributed by atoms with Crippen molar-refractivity contribution in [1.82, 2.24) is 0 Å². The summed E-state index contributed by atoms with van der Waals surface area (Å²) in [6.07, 6.45) is 0.788. The molecule has 70 valence electrons. The van der Waals surface area contributed by atoms with E-state index >= 15 is 0 Å². The molecule has 0 saturated heterocycles. The number of fused-ring (bicyclic) bond motifs is 1. The van der Waals surface area contributed by atoms with Crippen molar-refractivity contribution in [3.63, 3.8) is 0 Å². The smallest absolute Gasteiger partial charge is 0.142 e. The van der Waals surface area contributed by atoms with Crippen molar-refractivity contribution < 1.29 is 9.84 Å². The molecule has 1 aromatic rings. The van der Waals surface area contributed by atoms with Crippen LogP contribution in [0.3, 0.4) is 0 Å². The topological polar surface area (TPSA) is 29.5 Å². The second kappa shape index (κ2) is 2.55. The summed E-state index contributed by atoms with van der Waals surface area (Å²) in [4.78, 5) is 0. The first-order valence-electron chi connectivity index (χ1n) is 4.18. The first kappa shape index (κ1) is 8.70. The first-order valence-corrected chi connectivity index (χ1v) is 4.56. The molecular formula is C10H11ClO2. The van der Waals surface area contributed by atoms with Crippen molar-refractivity contribution >= 4 is 11.6 Å². The van der Waals surface area contributed by atoms with Gasteiger partial charge in [0.15, 0.2) is 0 Å². The Labute approximate surface area is 82.1 Å². The van der Waals surface area contributed by atoms with Gasteiger partial charge >= 0.3 is 0 Å². The quantitative estimate of drug-likeness (QED) is 0.695. The molecule has 0 aliphatic carbocycles. The van der Waals surface area contributed by atoms with Gasteiger partial charge in [0, 0.05) is 18.1 Å². The monoisotopic (exact) mass is 198 g/mol. The van der Waals surface area contributed by atoms with Crippen molar-refractivity contribution in [3.8, 4) is 11.5 Å². The van der Waals surface area contributed by atoms with Crippen LogP contribution in [0, 0.1) is 0 Å². The summed E-state index contributed by atoms with van der Waals surface area (Å²) >= 11 is 5.92. The van der Waals surface area contributed by atoms with Crippen LogP contribution in [0.2, 0.25) is 5.02 Å². The molecule has 2 nitrogen and oxygen atoms in total. The molecule has 1 aliphatic heterocycles. The molecular weight excluding hydrogens is 188 g/mol. The van der Waals surface area contributed by atoms with Gasteiger partial charge in [0.2, 0.25) is 0 Å². The maximum Gasteiger partial charge on any atom is 0.142 e. The lowest BCUT2D eigenvalue weighted by atomic mass is 10.0. The maximum atomic E-state index is 9.31. The summed E-state index contributed by atoms with van der Waals surface area (Å²) in [6, 6.07) is 3.21. The molecule has 0 fully saturated rings. The fourth-order valence-electron chi connectivity index (χ4n) is 1.65. The molecule has 13 heavy (non-hydrogen) atoms. The lowest BCUT2D eigenvalue weighted by Gasteiger charge is -2.17. The molecule has 0 spiro atoms. The van der Waals surface area contributed by atoms with E-state index in [-0.39, 0.29) is 11.4 Å². The summed E-state index contributed by atoms with van der Waals surface area (Å²) in [5.74, 6) is 0.912. The van der Waals surface area contributed by atoms with Crippen LogP contribution in [-0.4, -0.2) is 10.7 Å². The second-order valence-electron chi connectivity index (χ2n) is 3.95. The number of phenols is 1. The minimum absolute atomic E-state index is 0.199. The van der Waals surface area contributed by atoms with Crippen LogP contribution in [0.5, 0.6) is 11.5 Å². The van der Waals surface area contributed by atoms with Gasteiger partial charge < -0.3 is 9.84 Å². The van der Waals surface area contributed by atoms with Crippen LogP contribution in [-0.2, 0) is 6.42 Å². The highest BCUT2D eigenvalue weighted by Crippen LogP contribution is 2.42. The lowest BCUT2D eigenvalue weighted by molar-refractivity contribution is 0.138. The minimum atomic E-state index is -0.209. The summed E-state index contributed by atoms with van der Waals surface area (Å²) in [5, 5.41) is 9.79. The van der Waals surface area contributed by atoms with Crippen molar-refractivity contribution in [1.29, 1.82) is 0 Å². The Balaban J connectivity index is 2.52. The SMILES string of the molecule is CC1(C)Cc2cc(O)cc(Cl)c2O1. The van der Waals surface area contributed by atoms with E-state index in [9.17, 15) is 5.11 Å². The fourth-order valence-corrected chi connectivity index (χ4v) is 1.92. The van der Waals surface area contributed by atoms with E-state index < -0.39 is 0 Å². The van der Waals surface area contributed by atoms with Gasteiger partial charge in [-0.3, -0.25) is 0 Å². The van der Waals surface area contributed by atoms with E-state index in [1.165, 1.54) is 6.07 Å². The largest absolute Gasteiger partial charge is 0.508 e. The molecule has 1 N–H and O–H groups in total. The Morgan fingerprint density at radius 3 is 2.85 bits per heavy atom. The third kappa shape index (κ3) is 1.46. The number of hydrogen-bond acceptors (Lipinski definition) is 2. The van der Waals surface area contributed by atoms with E-state index in [0.29, 0.717) is 10.8 Å². The van der Waals surface area contributed by atoms with Crippen LogP contribution < -0.4 is 4.74 Å². The van der Waals surface area contributed by atoms with Gasteiger partial charge in [-0.1, -0.05) is 11.6 Å². The number of hydrogen-bond donors (Lipinski definition) is 1. The molecule has 0 atom stereocenters. The van der Waals surface area contributed by atoms with Gasteiger partial charge in [0.25, 0.3) is 0 Å². The van der Waals surface area contributed by atoms with Crippen LogP contribution in [0.4, 0.5) is 0 Å². The molecule has 0 radical (unpaired) electrons. The number of ether oxygens (including phenoxy) is 1. The third-order valence-electron chi connectivity index (χ3n) is 2.10. The molecule has 0 unspecified atom stereocenters. The zero-order chi connectivity index (χ0) is 9.64. The van der Waals surface area contributed by atoms with Crippen molar-refractivity contribution in [2.75, 3.05) is 0 Å². The minimum Gasteiger partial charge on any atom is -0.508 e. The first-order chi connectivity index (χ1) is 5.98.